The molecule has 0 bridgehead atoms. The van der Waals surface area contributed by atoms with Crippen LogP contribution < -0.4 is 0 Å². The summed E-state index contributed by atoms with van der Waals surface area (Å²) in [4.78, 5) is 2.62. The molecule has 1 saturated carbocycles. The van der Waals surface area contributed by atoms with Gasteiger partial charge in [0.15, 0.2) is 0 Å². The molecule has 1 heteroatoms. The first-order chi connectivity index (χ1) is 5.05. The number of hydrogen-bond donors (Lipinski definition) is 0. The topological polar surface area (TPSA) is 3.24 Å². The Morgan fingerprint density at radius 3 is 2.45 bits per heavy atom. The standard InChI is InChI=1S/C10H19N/c1-7(2)11-5-9-8(3)10(9,4)6-11/h7-9H,5-6H2,1-4H3/t8?,9-,10+/m0/s1. The van der Waals surface area contributed by atoms with E-state index in [4.69, 9.17) is 0 Å². The molecule has 0 amide bonds. The Morgan fingerprint density at radius 2 is 2.09 bits per heavy atom. The number of rotatable bonds is 1. The van der Waals surface area contributed by atoms with Crippen molar-refractivity contribution in [3.63, 3.8) is 0 Å². The van der Waals surface area contributed by atoms with Gasteiger partial charge in [-0.25, -0.2) is 0 Å². The van der Waals surface area contributed by atoms with Gasteiger partial charge in [0.1, 0.15) is 0 Å². The van der Waals surface area contributed by atoms with Gasteiger partial charge in [0.25, 0.3) is 0 Å². The van der Waals surface area contributed by atoms with Crippen molar-refractivity contribution in [2.24, 2.45) is 17.3 Å². The maximum absolute atomic E-state index is 2.62. The van der Waals surface area contributed by atoms with Gasteiger partial charge in [0, 0.05) is 19.1 Å². The smallest absolute Gasteiger partial charge is 0.00441 e. The van der Waals surface area contributed by atoms with Crippen LogP contribution in [0.1, 0.15) is 27.7 Å². The summed E-state index contributed by atoms with van der Waals surface area (Å²) >= 11 is 0. The van der Waals surface area contributed by atoms with Gasteiger partial charge in [-0.3, -0.25) is 0 Å². The molecule has 1 saturated heterocycles. The minimum atomic E-state index is 0.699. The second-order valence-corrected chi connectivity index (χ2v) is 4.92. The lowest BCUT2D eigenvalue weighted by Crippen LogP contribution is -2.32. The van der Waals surface area contributed by atoms with E-state index in [0.29, 0.717) is 5.41 Å². The zero-order chi connectivity index (χ0) is 8.22. The van der Waals surface area contributed by atoms with E-state index in [9.17, 15) is 0 Å². The molecule has 0 radical (unpaired) electrons. The maximum Gasteiger partial charge on any atom is 0.00441 e. The molecule has 1 nitrogen and oxygen atoms in total. The molecule has 2 fully saturated rings. The average Bonchev–Trinajstić information content (AvgIpc) is 2.34. The number of nitrogens with zero attached hydrogens (tertiary/aromatic N) is 1. The van der Waals surface area contributed by atoms with Crippen LogP contribution in [0, 0.1) is 17.3 Å². The molecule has 64 valence electrons. The third kappa shape index (κ3) is 0.868. The van der Waals surface area contributed by atoms with Crippen molar-refractivity contribution in [3.8, 4) is 0 Å². The van der Waals surface area contributed by atoms with Crippen molar-refractivity contribution in [1.82, 2.24) is 4.90 Å². The molecule has 0 aromatic rings. The fraction of sp³-hybridized carbons (Fsp3) is 1.00. The highest BCUT2D eigenvalue weighted by Crippen LogP contribution is 2.62. The van der Waals surface area contributed by atoms with Crippen LogP contribution in [-0.2, 0) is 0 Å². The Labute approximate surface area is 69.8 Å². The Bertz CT molecular complexity index is 176. The molecule has 0 spiro atoms. The number of likely N-dealkylation sites (tertiary alicyclic amines) is 1. The maximum atomic E-state index is 2.62. The second kappa shape index (κ2) is 2.01. The molecule has 1 unspecified atom stereocenters. The summed E-state index contributed by atoms with van der Waals surface area (Å²) in [5.74, 6) is 2.02. The van der Waals surface area contributed by atoms with Crippen molar-refractivity contribution in [2.75, 3.05) is 13.1 Å². The van der Waals surface area contributed by atoms with Gasteiger partial charge >= 0.3 is 0 Å². The van der Waals surface area contributed by atoms with Crippen LogP contribution in [0.3, 0.4) is 0 Å². The molecular formula is C10H19N. The van der Waals surface area contributed by atoms with Crippen LogP contribution >= 0.6 is 0 Å². The molecule has 1 heterocycles. The summed E-state index contributed by atoms with van der Waals surface area (Å²) in [6, 6.07) is 0.756. The zero-order valence-electron chi connectivity index (χ0n) is 8.09. The van der Waals surface area contributed by atoms with Crippen LogP contribution in [0.4, 0.5) is 0 Å². The molecule has 2 rings (SSSR count). The van der Waals surface area contributed by atoms with E-state index in [2.05, 4.69) is 32.6 Å². The van der Waals surface area contributed by atoms with Gasteiger partial charge in [-0.1, -0.05) is 13.8 Å². The molecule has 0 N–H and O–H groups in total. The van der Waals surface area contributed by atoms with Crippen molar-refractivity contribution < 1.29 is 0 Å². The van der Waals surface area contributed by atoms with Crippen LogP contribution in [0.5, 0.6) is 0 Å². The van der Waals surface area contributed by atoms with Gasteiger partial charge in [0.05, 0.1) is 0 Å². The first-order valence-corrected chi connectivity index (χ1v) is 4.80. The summed E-state index contributed by atoms with van der Waals surface area (Å²) in [7, 11) is 0. The lowest BCUT2D eigenvalue weighted by molar-refractivity contribution is 0.219. The van der Waals surface area contributed by atoms with Crippen LogP contribution in [-0.4, -0.2) is 24.0 Å². The zero-order valence-corrected chi connectivity index (χ0v) is 8.09. The van der Waals surface area contributed by atoms with E-state index < -0.39 is 0 Å². The predicted octanol–water partition coefficient (Wildman–Crippen LogP) is 1.98. The third-order valence-corrected chi connectivity index (χ3v) is 4.09. The van der Waals surface area contributed by atoms with Crippen LogP contribution in [0.25, 0.3) is 0 Å². The van der Waals surface area contributed by atoms with Crippen molar-refractivity contribution in [2.45, 2.75) is 33.7 Å². The summed E-state index contributed by atoms with van der Waals surface area (Å²) in [5, 5.41) is 0. The Kier molecular flexibility index (Phi) is 1.39. The van der Waals surface area contributed by atoms with E-state index in [0.717, 1.165) is 17.9 Å². The number of piperidine rings is 1. The summed E-state index contributed by atoms with van der Waals surface area (Å²) in [6.45, 7) is 12.2. The quantitative estimate of drug-likeness (QED) is 0.557. The van der Waals surface area contributed by atoms with Gasteiger partial charge < -0.3 is 4.90 Å². The summed E-state index contributed by atoms with van der Waals surface area (Å²) in [6.07, 6.45) is 0. The number of fused-ring (bicyclic) bond motifs is 1. The first kappa shape index (κ1) is 7.60. The SMILES string of the molecule is CC(C)N1C[C@H]2C(C)[C@@]2(C)C1. The molecule has 0 aromatic heterocycles. The number of hydrogen-bond acceptors (Lipinski definition) is 1. The molecular weight excluding hydrogens is 134 g/mol. The first-order valence-electron chi connectivity index (χ1n) is 4.80. The third-order valence-electron chi connectivity index (χ3n) is 4.09. The van der Waals surface area contributed by atoms with Crippen LogP contribution in [0.15, 0.2) is 0 Å². The Balaban J connectivity index is 2.00. The van der Waals surface area contributed by atoms with E-state index >= 15 is 0 Å². The lowest BCUT2D eigenvalue weighted by atomic mass is 10.1. The average molecular weight is 153 g/mol. The van der Waals surface area contributed by atoms with Gasteiger partial charge in [0.2, 0.25) is 0 Å². The highest BCUT2D eigenvalue weighted by atomic mass is 15.2. The van der Waals surface area contributed by atoms with E-state index in [1.165, 1.54) is 13.1 Å². The van der Waals surface area contributed by atoms with Gasteiger partial charge in [-0.2, -0.15) is 0 Å². The van der Waals surface area contributed by atoms with Crippen molar-refractivity contribution in [3.05, 3.63) is 0 Å². The normalized spacial score (nSPS) is 49.9. The molecule has 1 aliphatic heterocycles. The fourth-order valence-electron chi connectivity index (χ4n) is 2.69. The minimum Gasteiger partial charge on any atom is -0.300 e. The van der Waals surface area contributed by atoms with Gasteiger partial charge in [-0.15, -0.1) is 0 Å². The van der Waals surface area contributed by atoms with Gasteiger partial charge in [-0.05, 0) is 31.1 Å². The van der Waals surface area contributed by atoms with E-state index in [-0.39, 0.29) is 0 Å². The largest absolute Gasteiger partial charge is 0.300 e. The molecule has 2 aliphatic rings. The Hall–Kier alpha value is -0.0400. The van der Waals surface area contributed by atoms with Crippen molar-refractivity contribution in [1.29, 1.82) is 0 Å². The second-order valence-electron chi connectivity index (χ2n) is 4.92. The predicted molar refractivity (Wildman–Crippen MR) is 47.5 cm³/mol. The lowest BCUT2D eigenvalue weighted by Gasteiger charge is -2.24. The van der Waals surface area contributed by atoms with E-state index in [1.54, 1.807) is 0 Å². The molecule has 11 heavy (non-hydrogen) atoms. The summed E-state index contributed by atoms with van der Waals surface area (Å²) < 4.78 is 0. The van der Waals surface area contributed by atoms with Crippen molar-refractivity contribution >= 4 is 0 Å². The van der Waals surface area contributed by atoms with Crippen LogP contribution in [0.2, 0.25) is 0 Å². The minimum absolute atomic E-state index is 0.699. The highest BCUT2D eigenvalue weighted by molar-refractivity contribution is 5.13. The van der Waals surface area contributed by atoms with E-state index in [1.807, 2.05) is 0 Å². The Morgan fingerprint density at radius 1 is 1.45 bits per heavy atom. The molecule has 1 aliphatic carbocycles. The molecule has 3 atom stereocenters. The highest BCUT2D eigenvalue weighted by Gasteiger charge is 2.63. The summed E-state index contributed by atoms with van der Waals surface area (Å²) in [5.41, 5.74) is 0.699. The monoisotopic (exact) mass is 153 g/mol. The fourth-order valence-corrected chi connectivity index (χ4v) is 2.69. The molecule has 0 aromatic carbocycles.